The highest BCUT2D eigenvalue weighted by molar-refractivity contribution is 6.30. The van der Waals surface area contributed by atoms with Crippen LogP contribution in [0.5, 0.6) is 0 Å². The summed E-state index contributed by atoms with van der Waals surface area (Å²) in [6.45, 7) is 8.91. The average molecular weight is 305 g/mol. The molecule has 2 rings (SSSR count). The number of nitrogens with one attached hydrogen (secondary N) is 2. The molecule has 21 heavy (non-hydrogen) atoms. The number of aromatic nitrogens is 2. The van der Waals surface area contributed by atoms with Crippen molar-refractivity contribution >= 4 is 23.4 Å². The van der Waals surface area contributed by atoms with E-state index in [9.17, 15) is 0 Å². The monoisotopic (exact) mass is 304 g/mol. The lowest BCUT2D eigenvalue weighted by molar-refractivity contribution is 0.625. The molecule has 2 aromatic rings. The van der Waals surface area contributed by atoms with Gasteiger partial charge in [0, 0.05) is 28.9 Å². The van der Waals surface area contributed by atoms with E-state index in [0.29, 0.717) is 12.5 Å². The lowest BCUT2D eigenvalue weighted by atomic mass is 10.1. The third-order valence-electron chi connectivity index (χ3n) is 2.73. The van der Waals surface area contributed by atoms with Crippen LogP contribution in [0.2, 0.25) is 5.02 Å². The normalized spacial score (nSPS) is 11.3. The molecule has 0 aliphatic rings. The van der Waals surface area contributed by atoms with Crippen LogP contribution < -0.4 is 10.6 Å². The zero-order valence-electron chi connectivity index (χ0n) is 12.9. The highest BCUT2D eigenvalue weighted by Gasteiger charge is 2.12. The second-order valence-electron chi connectivity index (χ2n) is 6.07. The van der Waals surface area contributed by atoms with Crippen LogP contribution in [0.4, 0.5) is 11.8 Å². The third kappa shape index (κ3) is 5.23. The van der Waals surface area contributed by atoms with E-state index in [1.54, 1.807) is 0 Å². The van der Waals surface area contributed by atoms with Gasteiger partial charge in [-0.15, -0.1) is 0 Å². The van der Waals surface area contributed by atoms with Crippen molar-refractivity contribution in [2.75, 3.05) is 10.6 Å². The Morgan fingerprint density at radius 1 is 1.10 bits per heavy atom. The minimum Gasteiger partial charge on any atom is -0.366 e. The second-order valence-corrected chi connectivity index (χ2v) is 6.51. The zero-order valence-corrected chi connectivity index (χ0v) is 13.6. The van der Waals surface area contributed by atoms with E-state index in [4.69, 9.17) is 11.6 Å². The molecule has 1 aromatic heterocycles. The first-order valence-corrected chi connectivity index (χ1v) is 7.32. The van der Waals surface area contributed by atoms with E-state index in [0.717, 1.165) is 22.1 Å². The molecule has 112 valence electrons. The molecular formula is C16H21ClN4. The van der Waals surface area contributed by atoms with E-state index < -0.39 is 0 Å². The van der Waals surface area contributed by atoms with Crippen molar-refractivity contribution in [3.05, 3.63) is 46.6 Å². The molecule has 0 bridgehead atoms. The van der Waals surface area contributed by atoms with Crippen molar-refractivity contribution in [3.8, 4) is 0 Å². The predicted octanol–water partition coefficient (Wildman–Crippen LogP) is 4.26. The number of aryl methyl sites for hydroxylation is 1. The van der Waals surface area contributed by atoms with Gasteiger partial charge in [-0.2, -0.15) is 4.98 Å². The highest BCUT2D eigenvalue weighted by Crippen LogP contribution is 2.15. The Bertz CT molecular complexity index is 603. The van der Waals surface area contributed by atoms with Gasteiger partial charge in [-0.25, -0.2) is 4.98 Å². The van der Waals surface area contributed by atoms with Crippen LogP contribution in [0, 0.1) is 6.92 Å². The number of halogens is 1. The van der Waals surface area contributed by atoms with Crippen molar-refractivity contribution in [3.63, 3.8) is 0 Å². The lowest BCUT2D eigenvalue weighted by Gasteiger charge is -2.21. The fourth-order valence-corrected chi connectivity index (χ4v) is 1.97. The molecule has 1 heterocycles. The highest BCUT2D eigenvalue weighted by atomic mass is 35.5. The van der Waals surface area contributed by atoms with E-state index >= 15 is 0 Å². The molecule has 0 spiro atoms. The summed E-state index contributed by atoms with van der Waals surface area (Å²) >= 11 is 5.88. The molecule has 0 aliphatic heterocycles. The first-order chi connectivity index (χ1) is 9.82. The van der Waals surface area contributed by atoms with Crippen LogP contribution in [0.3, 0.4) is 0 Å². The van der Waals surface area contributed by atoms with Gasteiger partial charge in [-0.05, 0) is 45.4 Å². The maximum atomic E-state index is 5.88. The summed E-state index contributed by atoms with van der Waals surface area (Å²) in [4.78, 5) is 8.90. The Labute approximate surface area is 131 Å². The van der Waals surface area contributed by atoms with Crippen molar-refractivity contribution in [2.45, 2.75) is 39.8 Å². The Hall–Kier alpha value is -1.81. The van der Waals surface area contributed by atoms with Gasteiger partial charge in [0.25, 0.3) is 0 Å². The summed E-state index contributed by atoms with van der Waals surface area (Å²) in [5.41, 5.74) is 2.01. The van der Waals surface area contributed by atoms with Crippen molar-refractivity contribution in [2.24, 2.45) is 0 Å². The van der Waals surface area contributed by atoms with Crippen LogP contribution in [-0.2, 0) is 6.54 Å². The largest absolute Gasteiger partial charge is 0.366 e. The van der Waals surface area contributed by atoms with Gasteiger partial charge in [-0.1, -0.05) is 23.7 Å². The summed E-state index contributed by atoms with van der Waals surface area (Å²) in [6.07, 6.45) is 0. The van der Waals surface area contributed by atoms with Gasteiger partial charge in [0.1, 0.15) is 5.82 Å². The van der Waals surface area contributed by atoms with Gasteiger partial charge in [0.05, 0.1) is 0 Å². The van der Waals surface area contributed by atoms with E-state index in [-0.39, 0.29) is 5.54 Å². The molecule has 0 aliphatic carbocycles. The first-order valence-electron chi connectivity index (χ1n) is 6.94. The maximum absolute atomic E-state index is 5.88. The number of anilines is 2. The van der Waals surface area contributed by atoms with E-state index in [1.807, 2.05) is 37.3 Å². The molecule has 1 aromatic carbocycles. The zero-order chi connectivity index (χ0) is 15.5. The summed E-state index contributed by atoms with van der Waals surface area (Å²) in [5, 5.41) is 7.35. The molecular weight excluding hydrogens is 284 g/mol. The Morgan fingerprint density at radius 2 is 1.76 bits per heavy atom. The fourth-order valence-electron chi connectivity index (χ4n) is 1.85. The van der Waals surface area contributed by atoms with Crippen LogP contribution in [-0.4, -0.2) is 15.5 Å². The number of rotatable bonds is 4. The van der Waals surface area contributed by atoms with Gasteiger partial charge in [-0.3, -0.25) is 0 Å². The summed E-state index contributed by atoms with van der Waals surface area (Å²) in [5.74, 6) is 1.45. The third-order valence-corrected chi connectivity index (χ3v) is 2.98. The Kier molecular flexibility index (Phi) is 4.68. The topological polar surface area (TPSA) is 49.8 Å². The van der Waals surface area contributed by atoms with Gasteiger partial charge < -0.3 is 10.6 Å². The van der Waals surface area contributed by atoms with Crippen molar-refractivity contribution in [1.82, 2.24) is 9.97 Å². The SMILES string of the molecule is Cc1cc(NCc2ccc(Cl)cc2)nc(NC(C)(C)C)n1. The molecule has 0 saturated carbocycles. The molecule has 0 atom stereocenters. The summed E-state index contributed by atoms with van der Waals surface area (Å²) < 4.78 is 0. The van der Waals surface area contributed by atoms with Gasteiger partial charge in [0.2, 0.25) is 5.95 Å². The molecule has 0 amide bonds. The van der Waals surface area contributed by atoms with Crippen molar-refractivity contribution < 1.29 is 0 Å². The van der Waals surface area contributed by atoms with Gasteiger partial charge >= 0.3 is 0 Å². The minimum atomic E-state index is -0.0682. The summed E-state index contributed by atoms with van der Waals surface area (Å²) in [7, 11) is 0. The molecule has 4 nitrogen and oxygen atoms in total. The van der Waals surface area contributed by atoms with Crippen LogP contribution in [0.25, 0.3) is 0 Å². The fraction of sp³-hybridized carbons (Fsp3) is 0.375. The molecule has 5 heteroatoms. The number of benzene rings is 1. The Morgan fingerprint density at radius 3 is 2.38 bits per heavy atom. The average Bonchev–Trinajstić information content (AvgIpc) is 2.35. The van der Waals surface area contributed by atoms with Gasteiger partial charge in [0.15, 0.2) is 0 Å². The van der Waals surface area contributed by atoms with Crippen LogP contribution in [0.15, 0.2) is 30.3 Å². The maximum Gasteiger partial charge on any atom is 0.225 e. The minimum absolute atomic E-state index is 0.0682. The number of nitrogens with zero attached hydrogens (tertiary/aromatic N) is 2. The van der Waals surface area contributed by atoms with Crippen LogP contribution >= 0.6 is 11.6 Å². The molecule has 2 N–H and O–H groups in total. The standard InChI is InChI=1S/C16H21ClN4/c1-11-9-14(20-15(19-11)21-16(2,3)4)18-10-12-5-7-13(17)8-6-12/h5-9H,10H2,1-4H3,(H2,18,19,20,21). The quantitative estimate of drug-likeness (QED) is 0.886. The lowest BCUT2D eigenvalue weighted by Crippen LogP contribution is -2.27. The van der Waals surface area contributed by atoms with E-state index in [2.05, 4.69) is 41.4 Å². The smallest absolute Gasteiger partial charge is 0.225 e. The number of hydrogen-bond acceptors (Lipinski definition) is 4. The molecule has 0 fully saturated rings. The molecule has 0 unspecified atom stereocenters. The molecule has 0 saturated heterocycles. The van der Waals surface area contributed by atoms with E-state index in [1.165, 1.54) is 0 Å². The van der Waals surface area contributed by atoms with Crippen molar-refractivity contribution in [1.29, 1.82) is 0 Å². The predicted molar refractivity (Wildman–Crippen MR) is 88.9 cm³/mol. The number of hydrogen-bond donors (Lipinski definition) is 2. The second kappa shape index (κ2) is 6.31. The summed E-state index contributed by atoms with van der Waals surface area (Å²) in [6, 6.07) is 9.70. The van der Waals surface area contributed by atoms with Crippen LogP contribution in [0.1, 0.15) is 32.0 Å². The Balaban J connectivity index is 2.07. The first kappa shape index (κ1) is 15.6. The molecule has 0 radical (unpaired) electrons.